The van der Waals surface area contributed by atoms with Crippen LogP contribution in [-0.2, 0) is 14.3 Å². The molecule has 6 heteroatoms. The second kappa shape index (κ2) is 11.6. The van der Waals surface area contributed by atoms with Crippen LogP contribution in [0.4, 0.5) is 0 Å². The molecule has 1 aliphatic carbocycles. The summed E-state index contributed by atoms with van der Waals surface area (Å²) in [5, 5.41) is 0. The van der Waals surface area contributed by atoms with Gasteiger partial charge in [0.25, 0.3) is 0 Å². The van der Waals surface area contributed by atoms with Gasteiger partial charge in [-0.2, -0.15) is 0 Å². The molecule has 188 valence electrons. The van der Waals surface area contributed by atoms with Crippen molar-refractivity contribution in [1.82, 2.24) is 4.98 Å². The lowest BCUT2D eigenvalue weighted by molar-refractivity contribution is -0.153. The monoisotopic (exact) mass is 494 g/mol. The Hall–Kier alpha value is -4.32. The summed E-state index contributed by atoms with van der Waals surface area (Å²) in [7, 11) is 0. The molecule has 0 fully saturated rings. The van der Waals surface area contributed by atoms with Crippen LogP contribution in [0.3, 0.4) is 0 Å². The molecule has 4 atom stereocenters. The van der Waals surface area contributed by atoms with Gasteiger partial charge < -0.3 is 9.47 Å². The molecule has 1 aromatic heterocycles. The Kier molecular flexibility index (Phi) is 8.08. The zero-order valence-electron chi connectivity index (χ0n) is 21.2. The van der Waals surface area contributed by atoms with Gasteiger partial charge in [0.1, 0.15) is 6.10 Å². The van der Waals surface area contributed by atoms with Crippen molar-refractivity contribution in [2.24, 2.45) is 4.99 Å². The number of carbonyl (C=O) groups excluding carboxylic acids is 2. The van der Waals surface area contributed by atoms with Gasteiger partial charge in [0.2, 0.25) is 0 Å². The third-order valence-corrected chi connectivity index (χ3v) is 6.73. The van der Waals surface area contributed by atoms with Crippen molar-refractivity contribution in [3.05, 3.63) is 125 Å². The molecule has 4 rings (SSSR count). The number of carbonyl (C=O) groups is 2. The zero-order valence-corrected chi connectivity index (χ0v) is 21.2. The number of esters is 2. The summed E-state index contributed by atoms with van der Waals surface area (Å²) in [6.07, 6.45) is 6.32. The summed E-state index contributed by atoms with van der Waals surface area (Å²) in [6, 6.07) is 19.4. The average molecular weight is 495 g/mol. The molecule has 1 heterocycles. The van der Waals surface area contributed by atoms with Crippen LogP contribution in [-0.4, -0.2) is 35.8 Å². The highest BCUT2D eigenvalue weighted by molar-refractivity contribution is 5.90. The number of nitrogens with zero attached hydrogens (tertiary/aromatic N) is 2. The van der Waals surface area contributed by atoms with Crippen molar-refractivity contribution in [2.45, 2.75) is 44.8 Å². The lowest BCUT2D eigenvalue weighted by Gasteiger charge is -2.42. The van der Waals surface area contributed by atoms with Crippen molar-refractivity contribution in [3.8, 4) is 0 Å². The van der Waals surface area contributed by atoms with Crippen LogP contribution in [0.5, 0.6) is 0 Å². The number of aryl methyl sites for hydroxylation is 1. The Morgan fingerprint density at radius 1 is 0.946 bits per heavy atom. The molecule has 2 aromatic carbocycles. The topological polar surface area (TPSA) is 77.9 Å². The number of aromatic nitrogens is 1. The van der Waals surface area contributed by atoms with Crippen LogP contribution in [0, 0.1) is 6.92 Å². The molecule has 0 radical (unpaired) electrons. The molecule has 0 amide bonds. The SMILES string of the molecule is C=N/C=C\C=C(/C)C(=O)OC1[C@@H](c2ccccc2C)c2ccccc2C(C)[C@H]1OC(=O)c1cccnc1. The van der Waals surface area contributed by atoms with Gasteiger partial charge in [-0.25, -0.2) is 9.59 Å². The van der Waals surface area contributed by atoms with Crippen LogP contribution in [0.25, 0.3) is 0 Å². The van der Waals surface area contributed by atoms with E-state index in [4.69, 9.17) is 9.47 Å². The Morgan fingerprint density at radius 2 is 1.65 bits per heavy atom. The van der Waals surface area contributed by atoms with Gasteiger partial charge in [-0.05, 0) is 61.0 Å². The van der Waals surface area contributed by atoms with Gasteiger partial charge in [-0.15, -0.1) is 0 Å². The Bertz CT molecular complexity index is 1350. The number of aliphatic imine (C=N–C) groups is 1. The van der Waals surface area contributed by atoms with E-state index >= 15 is 0 Å². The van der Waals surface area contributed by atoms with Gasteiger partial charge in [-0.3, -0.25) is 9.98 Å². The molecule has 37 heavy (non-hydrogen) atoms. The number of fused-ring (bicyclic) bond motifs is 1. The smallest absolute Gasteiger partial charge is 0.340 e. The van der Waals surface area contributed by atoms with Crippen LogP contribution >= 0.6 is 0 Å². The fourth-order valence-electron chi connectivity index (χ4n) is 4.83. The third-order valence-electron chi connectivity index (χ3n) is 6.73. The van der Waals surface area contributed by atoms with Crippen molar-refractivity contribution >= 4 is 18.7 Å². The first-order valence-corrected chi connectivity index (χ1v) is 12.2. The van der Waals surface area contributed by atoms with Gasteiger partial charge in [0, 0.05) is 30.1 Å². The van der Waals surface area contributed by atoms with E-state index in [1.807, 2.05) is 56.3 Å². The van der Waals surface area contributed by atoms with E-state index in [2.05, 4.69) is 22.8 Å². The first-order chi connectivity index (χ1) is 17.9. The average Bonchev–Trinajstić information content (AvgIpc) is 2.92. The maximum atomic E-state index is 13.3. The van der Waals surface area contributed by atoms with E-state index in [0.717, 1.165) is 22.3 Å². The molecular formula is C31H30N2O4. The Labute approximate surface area is 217 Å². The Balaban J connectivity index is 1.82. The second-order valence-corrected chi connectivity index (χ2v) is 9.11. The summed E-state index contributed by atoms with van der Waals surface area (Å²) in [4.78, 5) is 34.2. The minimum atomic E-state index is -0.760. The van der Waals surface area contributed by atoms with Gasteiger partial charge in [0.15, 0.2) is 6.10 Å². The largest absolute Gasteiger partial charge is 0.454 e. The zero-order chi connectivity index (χ0) is 26.4. The van der Waals surface area contributed by atoms with Crippen LogP contribution < -0.4 is 0 Å². The molecule has 0 bridgehead atoms. The molecule has 2 unspecified atom stereocenters. The maximum Gasteiger partial charge on any atom is 0.340 e. The van der Waals surface area contributed by atoms with Crippen molar-refractivity contribution < 1.29 is 19.1 Å². The Morgan fingerprint density at radius 3 is 2.32 bits per heavy atom. The molecule has 6 nitrogen and oxygen atoms in total. The summed E-state index contributed by atoms with van der Waals surface area (Å²) in [6.45, 7) is 9.11. The van der Waals surface area contributed by atoms with Gasteiger partial charge in [0.05, 0.1) is 11.5 Å². The highest BCUT2D eigenvalue weighted by atomic mass is 16.6. The van der Waals surface area contributed by atoms with Gasteiger partial charge >= 0.3 is 11.9 Å². The minimum absolute atomic E-state index is 0.218. The fourth-order valence-corrected chi connectivity index (χ4v) is 4.83. The van der Waals surface area contributed by atoms with Crippen molar-refractivity contribution in [2.75, 3.05) is 0 Å². The molecule has 1 aliphatic rings. The van der Waals surface area contributed by atoms with E-state index < -0.39 is 24.1 Å². The summed E-state index contributed by atoms with van der Waals surface area (Å²) in [5.74, 6) is -1.56. The lowest BCUT2D eigenvalue weighted by Crippen LogP contribution is -2.47. The highest BCUT2D eigenvalue weighted by Gasteiger charge is 2.46. The molecule has 0 N–H and O–H groups in total. The first-order valence-electron chi connectivity index (χ1n) is 12.2. The van der Waals surface area contributed by atoms with E-state index in [-0.39, 0.29) is 11.8 Å². The summed E-state index contributed by atoms with van der Waals surface area (Å²) in [5.41, 5.74) is 4.91. The molecule has 0 spiro atoms. The van der Waals surface area contributed by atoms with Crippen LogP contribution in [0.2, 0.25) is 0 Å². The van der Waals surface area contributed by atoms with E-state index in [0.29, 0.717) is 11.1 Å². The number of hydrogen-bond donors (Lipinski definition) is 0. The first kappa shape index (κ1) is 25.8. The quantitative estimate of drug-likeness (QED) is 0.176. The second-order valence-electron chi connectivity index (χ2n) is 9.11. The van der Waals surface area contributed by atoms with Crippen LogP contribution in [0.1, 0.15) is 58.3 Å². The number of benzene rings is 2. The highest BCUT2D eigenvalue weighted by Crippen LogP contribution is 2.46. The maximum absolute atomic E-state index is 13.3. The number of hydrogen-bond acceptors (Lipinski definition) is 6. The van der Waals surface area contributed by atoms with E-state index in [9.17, 15) is 9.59 Å². The molecule has 3 aromatic rings. The molecule has 0 saturated carbocycles. The third kappa shape index (κ3) is 5.59. The van der Waals surface area contributed by atoms with Crippen molar-refractivity contribution in [3.63, 3.8) is 0 Å². The molecular weight excluding hydrogens is 464 g/mol. The molecule has 0 aliphatic heterocycles. The standard InChI is InChI=1S/C31H30N2O4/c1-20-11-5-6-14-24(20)27-26-16-8-7-15-25(26)22(3)28(36-31(35)23-13-10-18-33-19-23)29(27)37-30(34)21(2)12-9-17-32-4/h5-19,22,27-29H,4H2,1-3H3/b17-9-,21-12+/t22?,27-,28+,29?/m0/s1. The minimum Gasteiger partial charge on any atom is -0.454 e. The normalized spacial score (nSPS) is 21.2. The molecule has 0 saturated heterocycles. The predicted molar refractivity (Wildman–Crippen MR) is 144 cm³/mol. The predicted octanol–water partition coefficient (Wildman–Crippen LogP) is 5.94. The van der Waals surface area contributed by atoms with Gasteiger partial charge in [-0.1, -0.05) is 61.5 Å². The summed E-state index contributed by atoms with van der Waals surface area (Å²) >= 11 is 0. The van der Waals surface area contributed by atoms with E-state index in [1.54, 1.807) is 37.4 Å². The van der Waals surface area contributed by atoms with E-state index in [1.165, 1.54) is 12.4 Å². The number of rotatable bonds is 7. The van der Waals surface area contributed by atoms with Crippen LogP contribution in [0.15, 0.2) is 102 Å². The number of pyridine rings is 1. The number of allylic oxidation sites excluding steroid dienone is 2. The number of ether oxygens (including phenoxy) is 2. The fraction of sp³-hybridized carbons (Fsp3) is 0.226. The summed E-state index contributed by atoms with van der Waals surface area (Å²) < 4.78 is 12.3. The lowest BCUT2D eigenvalue weighted by atomic mass is 9.70. The van der Waals surface area contributed by atoms with Crippen molar-refractivity contribution in [1.29, 1.82) is 0 Å².